The van der Waals surface area contributed by atoms with Gasteiger partial charge in [-0.1, -0.05) is 60.7 Å². The van der Waals surface area contributed by atoms with E-state index >= 15 is 0 Å². The first-order valence-corrected chi connectivity index (χ1v) is 16.5. The predicted molar refractivity (Wildman–Crippen MR) is 98.1 cm³/mol. The van der Waals surface area contributed by atoms with E-state index in [4.69, 9.17) is 0 Å². The molecule has 0 aromatic heterocycles. The van der Waals surface area contributed by atoms with Crippen LogP contribution >= 0.6 is 9.24 Å². The number of hydrogen-bond donors (Lipinski definition) is 0. The molecule has 0 aliphatic carbocycles. The van der Waals surface area contributed by atoms with Crippen LogP contribution in [-0.4, -0.2) is 4.05 Å². The maximum Gasteiger partial charge on any atom is -0.0184 e. The van der Waals surface area contributed by atoms with Crippen LogP contribution in [0.5, 0.6) is 0 Å². The fourth-order valence-corrected chi connectivity index (χ4v) is 100. The molecule has 10 saturated heterocycles. The van der Waals surface area contributed by atoms with Gasteiger partial charge in [0.1, 0.15) is 0 Å². The minimum absolute atomic E-state index is 1.11. The molecule has 2 heteroatoms. The van der Waals surface area contributed by atoms with Crippen molar-refractivity contribution >= 4 is 9.24 Å². The second-order valence-electron chi connectivity index (χ2n) is 12.5. The quantitative estimate of drug-likeness (QED) is 0.395. The van der Waals surface area contributed by atoms with Gasteiger partial charge in [0.2, 0.25) is 0 Å². The first kappa shape index (κ1) is 10.5. The average molecular weight is 372 g/mol. The van der Waals surface area contributed by atoms with E-state index in [1.165, 1.54) is 54.5 Å². The Hall–Kier alpha value is -0.611. The van der Waals surface area contributed by atoms with E-state index in [1.54, 1.807) is 0 Å². The summed E-state index contributed by atoms with van der Waals surface area (Å²) in [5, 5.41) is 0. The van der Waals surface area contributed by atoms with E-state index < -0.39 is 6.51 Å². The van der Waals surface area contributed by atoms with Gasteiger partial charge >= 0.3 is 63.2 Å². The molecule has 5 unspecified atom stereocenters. The first-order valence-electron chi connectivity index (χ1n) is 9.62. The zero-order chi connectivity index (χ0) is 15.2. The van der Waals surface area contributed by atoms with Gasteiger partial charge in [0.05, 0.1) is 0 Å². The molecule has 0 radical (unpaired) electrons. The molecule has 1 spiro atoms. The predicted octanol–water partition coefficient (Wildman–Crippen LogP) is 6.51. The smallest absolute Gasteiger partial charge is 0.0184 e. The molecule has 0 N–H and O–H groups in total. The monoisotopic (exact) mass is 372 g/mol. The van der Waals surface area contributed by atoms with Gasteiger partial charge < -0.3 is 0 Å². The van der Waals surface area contributed by atoms with E-state index in [0.29, 0.717) is 0 Å². The Bertz CT molecular complexity index is 1260. The van der Waals surface area contributed by atoms with Crippen LogP contribution < -0.4 is 0 Å². The number of rotatable bonds is 1. The molecule has 10 aliphatic rings. The number of benzene rings is 2. The fraction of sp³-hybridized carbons (Fsp3) is 0.455. The van der Waals surface area contributed by atoms with Crippen LogP contribution in [-0.2, 0) is 6.51 Å². The summed E-state index contributed by atoms with van der Waals surface area (Å²) in [7, 11) is 3.49. The second kappa shape index (κ2) is 1.17. The summed E-state index contributed by atoms with van der Waals surface area (Å²) in [6, 6.07) is 20.8. The molecule has 0 saturated carbocycles. The first-order chi connectivity index (χ1) is 11.5. The van der Waals surface area contributed by atoms with Gasteiger partial charge in [-0.3, -0.25) is 0 Å². The minimum atomic E-state index is -2.49. The maximum absolute atomic E-state index is 3.49. The third-order valence-corrected chi connectivity index (χ3v) is 64.7. The van der Waals surface area contributed by atoms with Crippen molar-refractivity contribution in [2.75, 3.05) is 0 Å². The summed E-state index contributed by atoms with van der Waals surface area (Å²) in [5.41, 5.74) is 2.55. The third-order valence-electron chi connectivity index (χ3n) is 16.7. The van der Waals surface area contributed by atoms with Gasteiger partial charge in [0, 0.05) is 0 Å². The van der Waals surface area contributed by atoms with Crippen LogP contribution in [0.3, 0.4) is 0 Å². The molecule has 12 rings (SSSR count). The van der Waals surface area contributed by atoms with Crippen molar-refractivity contribution in [3.05, 3.63) is 60.7 Å². The van der Waals surface area contributed by atoms with Crippen molar-refractivity contribution in [1.29, 1.82) is 0 Å². The van der Waals surface area contributed by atoms with Crippen molar-refractivity contribution in [3.8, 4) is 11.1 Å². The molecule has 2 aromatic carbocycles. The summed E-state index contributed by atoms with van der Waals surface area (Å²) in [6.07, 6.45) is 0. The summed E-state index contributed by atoms with van der Waals surface area (Å²) in [4.78, 5) is 13.8. The summed E-state index contributed by atoms with van der Waals surface area (Å²) in [6.45, 7) is -2.49. The van der Waals surface area contributed by atoms with E-state index in [-0.39, 0.29) is 0 Å². The Morgan fingerprint density at radius 1 is 0.583 bits per heavy atom. The molecule has 0 bridgehead atoms. The van der Waals surface area contributed by atoms with Crippen molar-refractivity contribution in [2.24, 2.45) is 0 Å². The number of hydrogen-bond acceptors (Lipinski definition) is 0. The molecule has 10 fully saturated rings. The Labute approximate surface area is 134 Å². The maximum atomic E-state index is 3.49. The SMILES string of the molecule is P[C]12[CH]3[CH]4[CH]5[CH]1[Fe]45321678[CH]2[CH]1[CH]6[CH]7[CH]28.c1ccc(-c2ccccc2)cc1. The van der Waals surface area contributed by atoms with E-state index in [9.17, 15) is 0 Å². The summed E-state index contributed by atoms with van der Waals surface area (Å²) < 4.78 is 1.11. The molecule has 10 heterocycles. The second-order valence-corrected chi connectivity index (χ2v) is 37.6. The van der Waals surface area contributed by atoms with Crippen LogP contribution in [0.1, 0.15) is 0 Å². The normalized spacial score (nSPS) is 86.8. The molecule has 0 nitrogen and oxygen atoms in total. The van der Waals surface area contributed by atoms with Gasteiger partial charge in [-0.05, 0) is 11.1 Å². The van der Waals surface area contributed by atoms with Gasteiger partial charge in [-0.2, -0.15) is 0 Å². The van der Waals surface area contributed by atoms with Crippen LogP contribution in [0.2, 0.25) is 43.3 Å². The zero-order valence-electron chi connectivity index (χ0n) is 13.4. The van der Waals surface area contributed by atoms with Crippen LogP contribution in [0, 0.1) is 0 Å². The summed E-state index contributed by atoms with van der Waals surface area (Å²) >= 11 is 0. The van der Waals surface area contributed by atoms with E-state index in [2.05, 4.69) is 57.8 Å². The van der Waals surface area contributed by atoms with Gasteiger partial charge in [0.25, 0.3) is 0 Å². The van der Waals surface area contributed by atoms with Crippen molar-refractivity contribution in [3.63, 3.8) is 0 Å². The van der Waals surface area contributed by atoms with Crippen LogP contribution in [0.25, 0.3) is 11.1 Å². The zero-order valence-corrected chi connectivity index (χ0v) is 15.7. The van der Waals surface area contributed by atoms with Crippen molar-refractivity contribution in [2.45, 2.75) is 47.4 Å². The van der Waals surface area contributed by atoms with Gasteiger partial charge in [-0.15, -0.1) is 0 Å². The standard InChI is InChI=1S/C12H10.C5H6P.C5H5.Fe/c1-3-7-11(8-4-1)12-9-5-2-6-10-12;6-5-3-1-2-4-5;1-2-4-5-3-1;/h1-10H;1-4H,6H2;1-5H;. The Morgan fingerprint density at radius 2 is 0.958 bits per heavy atom. The van der Waals surface area contributed by atoms with Gasteiger partial charge in [-0.25, -0.2) is 0 Å². The fourth-order valence-electron chi connectivity index (χ4n) is 17.6. The molecular formula is C22H21FeP. The largest absolute Gasteiger partial charge is 0.0622 e. The van der Waals surface area contributed by atoms with Gasteiger partial charge in [0.15, 0.2) is 0 Å². The Morgan fingerprint density at radius 3 is 1.12 bits per heavy atom. The molecule has 122 valence electrons. The van der Waals surface area contributed by atoms with E-state index in [1.807, 2.05) is 12.1 Å². The molecule has 5 atom stereocenters. The summed E-state index contributed by atoms with van der Waals surface area (Å²) in [5.74, 6) is 0. The molecule has 24 heavy (non-hydrogen) atoms. The Balaban J connectivity index is 0.0000000803. The van der Waals surface area contributed by atoms with E-state index in [0.717, 1.165) is 4.05 Å². The molecular weight excluding hydrogens is 351 g/mol. The average Bonchev–Trinajstić information content (AvgIpc) is 3.58. The number of fused-ring (bicyclic) bond motifs is 10. The van der Waals surface area contributed by atoms with Crippen LogP contribution in [0.4, 0.5) is 0 Å². The topological polar surface area (TPSA) is 0 Å². The molecule has 10 aliphatic heterocycles. The minimum Gasteiger partial charge on any atom is -0.0622 e. The Kier molecular flexibility index (Phi) is 0.515. The van der Waals surface area contributed by atoms with Crippen molar-refractivity contribution < 1.29 is 6.51 Å². The van der Waals surface area contributed by atoms with Crippen molar-refractivity contribution in [1.82, 2.24) is 0 Å². The third kappa shape index (κ3) is 0.165. The molecule has 0 amide bonds. The van der Waals surface area contributed by atoms with Crippen LogP contribution in [0.15, 0.2) is 60.7 Å². The molecule has 2 aromatic rings.